The molecule has 1 amide bonds. The Morgan fingerprint density at radius 2 is 2.15 bits per heavy atom. The Morgan fingerprint density at radius 1 is 1.40 bits per heavy atom. The molecule has 20 heavy (non-hydrogen) atoms. The third-order valence-corrected chi connectivity index (χ3v) is 2.95. The van der Waals surface area contributed by atoms with Crippen LogP contribution in [-0.4, -0.2) is 17.0 Å². The number of nitrogens with two attached hydrogens (primary N) is 1. The molecular formula is C14H14N2O4. The molecule has 0 aliphatic heterocycles. The van der Waals surface area contributed by atoms with Crippen molar-refractivity contribution in [3.05, 3.63) is 53.0 Å². The number of carbonyl (C=O) groups is 2. The highest BCUT2D eigenvalue weighted by atomic mass is 16.4. The first-order valence-electron chi connectivity index (χ1n) is 5.93. The van der Waals surface area contributed by atoms with E-state index >= 15 is 0 Å². The number of furan rings is 1. The molecule has 0 atom stereocenters. The number of primary amides is 1. The minimum absolute atomic E-state index is 0.101. The maximum Gasteiger partial charge on any atom is 0.338 e. The minimum atomic E-state index is -1.04. The van der Waals surface area contributed by atoms with Crippen LogP contribution in [0.5, 0.6) is 0 Å². The summed E-state index contributed by atoms with van der Waals surface area (Å²) < 4.78 is 5.13. The van der Waals surface area contributed by atoms with Gasteiger partial charge in [0, 0.05) is 11.3 Å². The van der Waals surface area contributed by atoms with E-state index in [2.05, 4.69) is 5.32 Å². The van der Waals surface area contributed by atoms with Crippen molar-refractivity contribution in [1.29, 1.82) is 0 Å². The van der Waals surface area contributed by atoms with Crippen molar-refractivity contribution in [1.82, 2.24) is 0 Å². The Kier molecular flexibility index (Phi) is 3.74. The highest BCUT2D eigenvalue weighted by Crippen LogP contribution is 2.20. The van der Waals surface area contributed by atoms with Crippen molar-refractivity contribution in [2.75, 3.05) is 5.32 Å². The second-order valence-corrected chi connectivity index (χ2v) is 4.30. The average molecular weight is 274 g/mol. The lowest BCUT2D eigenvalue weighted by atomic mass is 10.1. The Labute approximate surface area is 115 Å². The van der Waals surface area contributed by atoms with Crippen molar-refractivity contribution < 1.29 is 19.1 Å². The number of carboxylic acid groups (broad SMARTS) is 1. The number of hydrogen-bond donors (Lipinski definition) is 3. The van der Waals surface area contributed by atoms with Gasteiger partial charge in [-0.15, -0.1) is 0 Å². The van der Waals surface area contributed by atoms with E-state index < -0.39 is 11.9 Å². The first-order valence-corrected chi connectivity index (χ1v) is 5.93. The standard InChI is InChI=1S/C14H14N2O4/c1-8-11(13(15)17)3-2-4-12(8)16-6-10-5-9(7-20-10)14(18)19/h2-5,7,16H,6H2,1H3,(H2,15,17)(H,18,19). The molecular weight excluding hydrogens is 260 g/mol. The summed E-state index contributed by atoms with van der Waals surface area (Å²) in [6.07, 6.45) is 1.19. The molecule has 1 aromatic heterocycles. The number of carboxylic acids is 1. The van der Waals surface area contributed by atoms with Crippen LogP contribution < -0.4 is 11.1 Å². The number of anilines is 1. The lowest BCUT2D eigenvalue weighted by molar-refractivity contribution is 0.0696. The van der Waals surface area contributed by atoms with Crippen molar-refractivity contribution in [2.24, 2.45) is 5.73 Å². The molecule has 0 bridgehead atoms. The van der Waals surface area contributed by atoms with Gasteiger partial charge in [-0.1, -0.05) is 6.07 Å². The average Bonchev–Trinajstić information content (AvgIpc) is 2.86. The smallest absolute Gasteiger partial charge is 0.338 e. The molecule has 104 valence electrons. The Morgan fingerprint density at radius 3 is 2.75 bits per heavy atom. The van der Waals surface area contributed by atoms with Gasteiger partial charge in [0.05, 0.1) is 12.1 Å². The second-order valence-electron chi connectivity index (χ2n) is 4.30. The van der Waals surface area contributed by atoms with E-state index in [0.717, 1.165) is 11.3 Å². The number of carbonyl (C=O) groups excluding carboxylic acids is 1. The summed E-state index contributed by atoms with van der Waals surface area (Å²) in [6.45, 7) is 2.10. The molecule has 0 fully saturated rings. The lowest BCUT2D eigenvalue weighted by Crippen LogP contribution is -2.13. The van der Waals surface area contributed by atoms with Crippen LogP contribution in [0.15, 0.2) is 34.9 Å². The highest BCUT2D eigenvalue weighted by Gasteiger charge is 2.10. The second kappa shape index (κ2) is 5.48. The van der Waals surface area contributed by atoms with Crippen LogP contribution in [0.25, 0.3) is 0 Å². The van der Waals surface area contributed by atoms with Gasteiger partial charge in [0.15, 0.2) is 0 Å². The third-order valence-electron chi connectivity index (χ3n) is 2.95. The summed E-state index contributed by atoms with van der Waals surface area (Å²) >= 11 is 0. The van der Waals surface area contributed by atoms with E-state index in [1.54, 1.807) is 19.1 Å². The van der Waals surface area contributed by atoms with Gasteiger partial charge in [0.2, 0.25) is 5.91 Å². The lowest BCUT2D eigenvalue weighted by Gasteiger charge is -2.10. The molecule has 2 rings (SSSR count). The summed E-state index contributed by atoms with van der Waals surface area (Å²) in [5.41, 5.74) is 7.31. The molecule has 0 aliphatic rings. The maximum absolute atomic E-state index is 11.2. The number of rotatable bonds is 5. The molecule has 6 heteroatoms. The quantitative estimate of drug-likeness (QED) is 0.773. The number of hydrogen-bond acceptors (Lipinski definition) is 4. The van der Waals surface area contributed by atoms with E-state index in [4.69, 9.17) is 15.3 Å². The van der Waals surface area contributed by atoms with Crippen LogP contribution in [0.2, 0.25) is 0 Å². The van der Waals surface area contributed by atoms with Gasteiger partial charge in [0.1, 0.15) is 12.0 Å². The van der Waals surface area contributed by atoms with Gasteiger partial charge in [-0.2, -0.15) is 0 Å². The summed E-state index contributed by atoms with van der Waals surface area (Å²) in [5, 5.41) is 11.9. The topological polar surface area (TPSA) is 106 Å². The summed E-state index contributed by atoms with van der Waals surface area (Å²) in [5.74, 6) is -1.03. The summed E-state index contributed by atoms with van der Waals surface area (Å²) in [6, 6.07) is 6.63. The van der Waals surface area contributed by atoms with E-state index in [1.165, 1.54) is 12.3 Å². The molecule has 0 aliphatic carbocycles. The SMILES string of the molecule is Cc1c(NCc2cc(C(=O)O)co2)cccc1C(N)=O. The first-order chi connectivity index (χ1) is 9.49. The van der Waals surface area contributed by atoms with Gasteiger partial charge in [-0.25, -0.2) is 4.79 Å². The molecule has 0 radical (unpaired) electrons. The molecule has 4 N–H and O–H groups in total. The number of amides is 1. The van der Waals surface area contributed by atoms with E-state index in [9.17, 15) is 9.59 Å². The molecule has 6 nitrogen and oxygen atoms in total. The largest absolute Gasteiger partial charge is 0.478 e. The minimum Gasteiger partial charge on any atom is -0.478 e. The monoisotopic (exact) mass is 274 g/mol. The first kappa shape index (κ1) is 13.7. The van der Waals surface area contributed by atoms with Crippen molar-refractivity contribution in [3.63, 3.8) is 0 Å². The number of aromatic carboxylic acids is 1. The van der Waals surface area contributed by atoms with Crippen LogP contribution in [0.1, 0.15) is 32.0 Å². The fourth-order valence-electron chi connectivity index (χ4n) is 1.86. The predicted octanol–water partition coefficient (Wildman–Crippen LogP) is 2.00. The van der Waals surface area contributed by atoms with Crippen LogP contribution in [0.4, 0.5) is 5.69 Å². The maximum atomic E-state index is 11.2. The molecule has 0 saturated heterocycles. The van der Waals surface area contributed by atoms with Crippen LogP contribution in [0, 0.1) is 6.92 Å². The molecule has 0 saturated carbocycles. The number of benzene rings is 1. The normalized spacial score (nSPS) is 10.2. The van der Waals surface area contributed by atoms with Gasteiger partial charge in [-0.05, 0) is 30.7 Å². The van der Waals surface area contributed by atoms with Gasteiger partial charge in [0.25, 0.3) is 0 Å². The molecule has 1 aromatic carbocycles. The zero-order valence-corrected chi connectivity index (χ0v) is 10.8. The van der Waals surface area contributed by atoms with E-state index in [0.29, 0.717) is 17.9 Å². The van der Waals surface area contributed by atoms with Gasteiger partial charge in [-0.3, -0.25) is 4.79 Å². The van der Waals surface area contributed by atoms with Crippen molar-refractivity contribution in [2.45, 2.75) is 13.5 Å². The highest BCUT2D eigenvalue weighted by molar-refractivity contribution is 5.95. The molecule has 0 unspecified atom stereocenters. The third kappa shape index (κ3) is 2.80. The van der Waals surface area contributed by atoms with Crippen molar-refractivity contribution in [3.8, 4) is 0 Å². The van der Waals surface area contributed by atoms with Crippen LogP contribution in [-0.2, 0) is 6.54 Å². The van der Waals surface area contributed by atoms with Gasteiger partial charge < -0.3 is 20.6 Å². The molecule has 1 heterocycles. The van der Waals surface area contributed by atoms with E-state index in [1.807, 2.05) is 6.07 Å². The van der Waals surface area contributed by atoms with Crippen molar-refractivity contribution >= 4 is 17.6 Å². The summed E-state index contributed by atoms with van der Waals surface area (Å²) in [7, 11) is 0. The molecule has 0 spiro atoms. The Hall–Kier alpha value is -2.76. The summed E-state index contributed by atoms with van der Waals surface area (Å²) in [4.78, 5) is 22.0. The fourth-order valence-corrected chi connectivity index (χ4v) is 1.86. The molecule has 2 aromatic rings. The zero-order chi connectivity index (χ0) is 14.7. The Balaban J connectivity index is 2.12. The number of nitrogens with one attached hydrogen (secondary N) is 1. The van der Waals surface area contributed by atoms with Crippen LogP contribution in [0.3, 0.4) is 0 Å². The zero-order valence-electron chi connectivity index (χ0n) is 10.8. The van der Waals surface area contributed by atoms with Gasteiger partial charge >= 0.3 is 5.97 Å². The van der Waals surface area contributed by atoms with Crippen LogP contribution >= 0.6 is 0 Å². The Bertz CT molecular complexity index is 661. The fraction of sp³-hybridized carbons (Fsp3) is 0.143. The predicted molar refractivity (Wildman–Crippen MR) is 72.7 cm³/mol. The van der Waals surface area contributed by atoms with E-state index in [-0.39, 0.29) is 5.56 Å².